The summed E-state index contributed by atoms with van der Waals surface area (Å²) >= 11 is 0. The average molecular weight is 232 g/mol. The Morgan fingerprint density at radius 1 is 1.53 bits per heavy atom. The van der Waals surface area contributed by atoms with E-state index in [0.29, 0.717) is 17.2 Å². The molecule has 1 heterocycles. The van der Waals surface area contributed by atoms with Crippen LogP contribution in [0.15, 0.2) is 24.3 Å². The number of rotatable bonds is 3. The number of nitrogens with two attached hydrogens (primary N) is 1. The molecular weight excluding hydrogens is 220 g/mol. The van der Waals surface area contributed by atoms with Crippen LogP contribution in [0.4, 0.5) is 11.6 Å². The second-order valence-electron chi connectivity index (χ2n) is 3.61. The highest BCUT2D eigenvalue weighted by atomic mass is 16.6. The molecule has 6 heteroatoms. The van der Waals surface area contributed by atoms with Gasteiger partial charge in [0, 0.05) is 23.4 Å². The van der Waals surface area contributed by atoms with Crippen molar-refractivity contribution in [2.75, 3.05) is 5.73 Å². The molecule has 88 valence electrons. The molecule has 17 heavy (non-hydrogen) atoms. The Morgan fingerprint density at radius 2 is 2.29 bits per heavy atom. The van der Waals surface area contributed by atoms with Crippen LogP contribution in [0.5, 0.6) is 0 Å². The summed E-state index contributed by atoms with van der Waals surface area (Å²) in [6, 6.07) is 6.36. The van der Waals surface area contributed by atoms with Gasteiger partial charge in [-0.15, -0.1) is 0 Å². The minimum atomic E-state index is -0.425. The molecule has 2 aromatic rings. The third-order valence-corrected chi connectivity index (χ3v) is 2.48. The quantitative estimate of drug-likeness (QED) is 0.625. The molecule has 0 aliphatic carbocycles. The molecule has 0 saturated heterocycles. The smallest absolute Gasteiger partial charge is 0.270 e. The number of nitrogens with one attached hydrogen (secondary N) is 1. The Labute approximate surface area is 97.6 Å². The van der Waals surface area contributed by atoms with E-state index in [-0.39, 0.29) is 5.69 Å². The van der Waals surface area contributed by atoms with E-state index in [1.807, 2.05) is 6.92 Å². The number of nitro groups is 1. The molecule has 2 rings (SSSR count). The Balaban J connectivity index is 2.52. The fourth-order valence-electron chi connectivity index (χ4n) is 1.69. The minimum Gasteiger partial charge on any atom is -0.369 e. The Bertz CT molecular complexity index is 562. The summed E-state index contributed by atoms with van der Waals surface area (Å²) in [7, 11) is 0. The molecule has 0 atom stereocenters. The van der Waals surface area contributed by atoms with E-state index in [4.69, 9.17) is 5.73 Å². The second-order valence-corrected chi connectivity index (χ2v) is 3.61. The molecule has 0 aliphatic rings. The maximum Gasteiger partial charge on any atom is 0.270 e. The number of aromatic amines is 1. The van der Waals surface area contributed by atoms with E-state index in [1.54, 1.807) is 12.1 Å². The number of nitrogen functional groups attached to an aromatic ring is 1. The van der Waals surface area contributed by atoms with Crippen LogP contribution in [0, 0.1) is 10.1 Å². The van der Waals surface area contributed by atoms with Gasteiger partial charge in [-0.25, -0.2) is 4.98 Å². The Morgan fingerprint density at radius 3 is 2.94 bits per heavy atom. The molecule has 1 aromatic heterocycles. The number of benzene rings is 1. The number of aryl methyl sites for hydroxylation is 1. The zero-order valence-corrected chi connectivity index (χ0v) is 9.30. The van der Waals surface area contributed by atoms with Crippen LogP contribution in [0.1, 0.15) is 12.6 Å². The van der Waals surface area contributed by atoms with Gasteiger partial charge in [-0.05, 0) is 6.42 Å². The summed E-state index contributed by atoms with van der Waals surface area (Å²) in [6.45, 7) is 1.97. The molecule has 0 bridgehead atoms. The van der Waals surface area contributed by atoms with Crippen LogP contribution >= 0.6 is 0 Å². The Hall–Kier alpha value is -2.37. The predicted molar refractivity (Wildman–Crippen MR) is 64.5 cm³/mol. The molecular formula is C11H12N4O2. The van der Waals surface area contributed by atoms with E-state index in [9.17, 15) is 10.1 Å². The van der Waals surface area contributed by atoms with Crippen LogP contribution in [-0.4, -0.2) is 14.9 Å². The number of hydrogen-bond acceptors (Lipinski definition) is 4. The van der Waals surface area contributed by atoms with Crippen molar-refractivity contribution in [1.29, 1.82) is 0 Å². The number of non-ortho nitro benzene ring substituents is 1. The summed E-state index contributed by atoms with van der Waals surface area (Å²) < 4.78 is 0. The van der Waals surface area contributed by atoms with Crippen molar-refractivity contribution in [3.8, 4) is 11.3 Å². The highest BCUT2D eigenvalue weighted by Gasteiger charge is 2.12. The van der Waals surface area contributed by atoms with Gasteiger partial charge in [0.25, 0.3) is 5.69 Å². The lowest BCUT2D eigenvalue weighted by Gasteiger charge is -1.99. The molecule has 0 radical (unpaired) electrons. The monoisotopic (exact) mass is 232 g/mol. The molecule has 6 nitrogen and oxygen atoms in total. The maximum atomic E-state index is 10.7. The molecule has 3 N–H and O–H groups in total. The summed E-state index contributed by atoms with van der Waals surface area (Å²) in [5.74, 6) is 0.323. The van der Waals surface area contributed by atoms with E-state index in [0.717, 1.165) is 12.1 Å². The Kier molecular flexibility index (Phi) is 2.78. The van der Waals surface area contributed by atoms with Gasteiger partial charge in [0.15, 0.2) is 5.95 Å². The number of hydrogen-bond donors (Lipinski definition) is 2. The first-order valence-electron chi connectivity index (χ1n) is 5.21. The first-order valence-corrected chi connectivity index (χ1v) is 5.21. The van der Waals surface area contributed by atoms with Gasteiger partial charge in [0.05, 0.1) is 10.6 Å². The molecule has 0 fully saturated rings. The standard InChI is InChI=1S/C11H12N4O2/c1-2-9-10(14-11(12)13-9)7-4-3-5-8(6-7)15(16)17/h3-6H,2H2,1H3,(H3,12,13,14). The largest absolute Gasteiger partial charge is 0.369 e. The van der Waals surface area contributed by atoms with Crippen molar-refractivity contribution in [2.45, 2.75) is 13.3 Å². The molecule has 0 unspecified atom stereocenters. The molecule has 0 saturated carbocycles. The summed E-state index contributed by atoms with van der Waals surface area (Å²) in [4.78, 5) is 17.4. The summed E-state index contributed by atoms with van der Waals surface area (Å²) in [5, 5.41) is 10.7. The normalized spacial score (nSPS) is 10.4. The fourth-order valence-corrected chi connectivity index (χ4v) is 1.69. The average Bonchev–Trinajstić information content (AvgIpc) is 2.70. The van der Waals surface area contributed by atoms with Gasteiger partial charge >= 0.3 is 0 Å². The van der Waals surface area contributed by atoms with E-state index in [1.165, 1.54) is 12.1 Å². The summed E-state index contributed by atoms with van der Waals surface area (Å²) in [5.41, 5.74) is 7.89. The van der Waals surface area contributed by atoms with E-state index in [2.05, 4.69) is 9.97 Å². The lowest BCUT2D eigenvalue weighted by Crippen LogP contribution is -1.90. The number of imidazole rings is 1. The van der Waals surface area contributed by atoms with Crippen molar-refractivity contribution < 1.29 is 4.92 Å². The van der Waals surface area contributed by atoms with Crippen molar-refractivity contribution in [3.63, 3.8) is 0 Å². The van der Waals surface area contributed by atoms with Gasteiger partial charge in [-0.2, -0.15) is 0 Å². The number of aromatic nitrogens is 2. The lowest BCUT2D eigenvalue weighted by atomic mass is 10.1. The van der Waals surface area contributed by atoms with Gasteiger partial charge in [0.2, 0.25) is 0 Å². The van der Waals surface area contributed by atoms with Crippen molar-refractivity contribution in [1.82, 2.24) is 9.97 Å². The minimum absolute atomic E-state index is 0.0473. The van der Waals surface area contributed by atoms with Crippen molar-refractivity contribution in [3.05, 3.63) is 40.1 Å². The van der Waals surface area contributed by atoms with E-state index >= 15 is 0 Å². The molecule has 0 spiro atoms. The third-order valence-electron chi connectivity index (χ3n) is 2.48. The zero-order chi connectivity index (χ0) is 12.4. The highest BCUT2D eigenvalue weighted by molar-refractivity contribution is 5.66. The van der Waals surface area contributed by atoms with Crippen LogP contribution < -0.4 is 5.73 Å². The predicted octanol–water partition coefficient (Wildman–Crippen LogP) is 2.13. The van der Waals surface area contributed by atoms with Gasteiger partial charge in [-0.1, -0.05) is 19.1 Å². The number of nitro benzene ring substituents is 1. The topological polar surface area (TPSA) is 97.8 Å². The maximum absolute atomic E-state index is 10.7. The number of nitrogens with zero attached hydrogens (tertiary/aromatic N) is 2. The van der Waals surface area contributed by atoms with Crippen LogP contribution in [0.25, 0.3) is 11.3 Å². The number of anilines is 1. The molecule has 1 aromatic carbocycles. The third kappa shape index (κ3) is 2.10. The SMILES string of the molecule is CCc1[nH]c(N)nc1-c1cccc([N+](=O)[O-])c1. The molecule has 0 amide bonds. The second kappa shape index (κ2) is 4.25. The zero-order valence-electron chi connectivity index (χ0n) is 9.30. The first-order chi connectivity index (χ1) is 8.11. The van der Waals surface area contributed by atoms with Gasteiger partial charge in [0.1, 0.15) is 0 Å². The fraction of sp³-hybridized carbons (Fsp3) is 0.182. The van der Waals surface area contributed by atoms with E-state index < -0.39 is 4.92 Å². The summed E-state index contributed by atoms with van der Waals surface area (Å²) in [6.07, 6.45) is 0.738. The highest BCUT2D eigenvalue weighted by Crippen LogP contribution is 2.26. The van der Waals surface area contributed by atoms with Crippen molar-refractivity contribution in [2.24, 2.45) is 0 Å². The lowest BCUT2D eigenvalue weighted by molar-refractivity contribution is -0.384. The number of H-pyrrole nitrogens is 1. The van der Waals surface area contributed by atoms with Crippen LogP contribution in [-0.2, 0) is 6.42 Å². The van der Waals surface area contributed by atoms with Crippen molar-refractivity contribution >= 4 is 11.6 Å². The first kappa shape index (κ1) is 11.1. The van der Waals surface area contributed by atoms with Crippen LogP contribution in [0.2, 0.25) is 0 Å². The van der Waals surface area contributed by atoms with Gasteiger partial charge < -0.3 is 10.7 Å². The van der Waals surface area contributed by atoms with Gasteiger partial charge in [-0.3, -0.25) is 10.1 Å². The van der Waals surface area contributed by atoms with Crippen LogP contribution in [0.3, 0.4) is 0 Å². The molecule has 0 aliphatic heterocycles.